The summed E-state index contributed by atoms with van der Waals surface area (Å²) >= 11 is 0. The second kappa shape index (κ2) is 11.2. The predicted molar refractivity (Wildman–Crippen MR) is 131 cm³/mol. The zero-order valence-corrected chi connectivity index (χ0v) is 20.9. The maximum absolute atomic E-state index is 13.1. The molecule has 0 saturated carbocycles. The van der Waals surface area contributed by atoms with Crippen molar-refractivity contribution >= 4 is 15.9 Å². The number of nitrogens with one attached hydrogen (secondary N) is 1. The number of hydrogen-bond acceptors (Lipinski definition) is 4. The SMILES string of the molecule is COc1ccc([C@@H](CC(C)C)NC(=O)C2CCN(S(=O)(=O)Cc3ccc(C)cc3)CC2)cc1. The molecule has 33 heavy (non-hydrogen) atoms. The lowest BCUT2D eigenvalue weighted by atomic mass is 9.93. The standard InChI is InChI=1S/C26H36N2O4S/c1-19(2)17-25(22-9-11-24(32-4)12-10-22)27-26(29)23-13-15-28(16-14-23)33(30,31)18-21-7-5-20(3)6-8-21/h5-12,19,23,25H,13-18H2,1-4H3,(H,27,29)/t25-/m1/s1. The largest absolute Gasteiger partial charge is 0.497 e. The first-order valence-electron chi connectivity index (χ1n) is 11.7. The van der Waals surface area contributed by atoms with Crippen LogP contribution in [0.1, 0.15) is 55.8 Å². The lowest BCUT2D eigenvalue weighted by Crippen LogP contribution is -2.44. The normalized spacial score (nSPS) is 16.5. The van der Waals surface area contributed by atoms with Crippen molar-refractivity contribution in [3.05, 3.63) is 65.2 Å². The van der Waals surface area contributed by atoms with Crippen molar-refractivity contribution in [3.63, 3.8) is 0 Å². The third-order valence-electron chi connectivity index (χ3n) is 6.23. The van der Waals surface area contributed by atoms with Gasteiger partial charge in [0.25, 0.3) is 0 Å². The first kappa shape index (κ1) is 25.2. The molecule has 180 valence electrons. The van der Waals surface area contributed by atoms with Gasteiger partial charge in [0, 0.05) is 19.0 Å². The summed E-state index contributed by atoms with van der Waals surface area (Å²) in [5.74, 6) is 1.03. The molecule has 1 saturated heterocycles. The zero-order valence-electron chi connectivity index (χ0n) is 20.1. The Bertz CT molecular complexity index is 1010. The van der Waals surface area contributed by atoms with Gasteiger partial charge in [0.1, 0.15) is 5.75 Å². The Morgan fingerprint density at radius 3 is 2.21 bits per heavy atom. The van der Waals surface area contributed by atoms with Crippen molar-refractivity contribution < 1.29 is 17.9 Å². The number of amides is 1. The minimum atomic E-state index is -3.40. The van der Waals surface area contributed by atoms with E-state index in [1.54, 1.807) is 7.11 Å². The highest BCUT2D eigenvalue weighted by molar-refractivity contribution is 7.88. The summed E-state index contributed by atoms with van der Waals surface area (Å²) in [4.78, 5) is 13.1. The second-order valence-electron chi connectivity index (χ2n) is 9.38. The molecule has 1 aliphatic heterocycles. The lowest BCUT2D eigenvalue weighted by Gasteiger charge is -2.32. The third kappa shape index (κ3) is 7.05. The van der Waals surface area contributed by atoms with Gasteiger partial charge in [-0.05, 0) is 55.4 Å². The number of hydrogen-bond donors (Lipinski definition) is 1. The molecular formula is C26H36N2O4S. The fraction of sp³-hybridized carbons (Fsp3) is 0.500. The van der Waals surface area contributed by atoms with E-state index in [1.807, 2.05) is 55.5 Å². The van der Waals surface area contributed by atoms with E-state index in [9.17, 15) is 13.2 Å². The Morgan fingerprint density at radius 2 is 1.67 bits per heavy atom. The summed E-state index contributed by atoms with van der Waals surface area (Å²) in [6.45, 7) is 7.02. The van der Waals surface area contributed by atoms with Gasteiger partial charge in [-0.3, -0.25) is 4.79 Å². The highest BCUT2D eigenvalue weighted by Crippen LogP contribution is 2.27. The predicted octanol–water partition coefficient (Wildman–Crippen LogP) is 4.45. The second-order valence-corrected chi connectivity index (χ2v) is 11.3. The van der Waals surface area contributed by atoms with Crippen LogP contribution in [0.5, 0.6) is 5.75 Å². The van der Waals surface area contributed by atoms with Crippen LogP contribution in [0.3, 0.4) is 0 Å². The van der Waals surface area contributed by atoms with Crippen LogP contribution in [-0.2, 0) is 20.6 Å². The van der Waals surface area contributed by atoms with Gasteiger partial charge in [0.05, 0.1) is 18.9 Å². The van der Waals surface area contributed by atoms with Crippen LogP contribution in [0.2, 0.25) is 0 Å². The summed E-state index contributed by atoms with van der Waals surface area (Å²) in [5, 5.41) is 3.22. The molecule has 1 aliphatic rings. The number of sulfonamides is 1. The van der Waals surface area contributed by atoms with Crippen LogP contribution in [0, 0.1) is 18.8 Å². The molecule has 0 bridgehead atoms. The molecule has 7 heteroatoms. The van der Waals surface area contributed by atoms with Crippen molar-refractivity contribution in [2.24, 2.45) is 11.8 Å². The van der Waals surface area contributed by atoms with E-state index in [-0.39, 0.29) is 23.6 Å². The highest BCUT2D eigenvalue weighted by atomic mass is 32.2. The molecule has 6 nitrogen and oxygen atoms in total. The Balaban J connectivity index is 1.59. The molecule has 1 heterocycles. The van der Waals surface area contributed by atoms with Crippen LogP contribution in [0.15, 0.2) is 48.5 Å². The molecule has 0 aliphatic carbocycles. The number of methoxy groups -OCH3 is 1. The van der Waals surface area contributed by atoms with E-state index in [4.69, 9.17) is 4.74 Å². The fourth-order valence-electron chi connectivity index (χ4n) is 4.26. The Morgan fingerprint density at radius 1 is 1.06 bits per heavy atom. The molecule has 1 fully saturated rings. The summed E-state index contributed by atoms with van der Waals surface area (Å²) in [6.07, 6.45) is 1.91. The maximum atomic E-state index is 13.1. The van der Waals surface area contributed by atoms with Gasteiger partial charge in [-0.15, -0.1) is 0 Å². The van der Waals surface area contributed by atoms with Crippen molar-refractivity contribution in [1.29, 1.82) is 0 Å². The average Bonchev–Trinajstić information content (AvgIpc) is 2.80. The van der Waals surface area contributed by atoms with Crippen molar-refractivity contribution in [2.75, 3.05) is 20.2 Å². The van der Waals surface area contributed by atoms with Gasteiger partial charge in [-0.2, -0.15) is 0 Å². The van der Waals surface area contributed by atoms with E-state index in [2.05, 4.69) is 19.2 Å². The number of aryl methyl sites for hydroxylation is 1. The average molecular weight is 473 g/mol. The molecule has 2 aromatic carbocycles. The summed E-state index contributed by atoms with van der Waals surface area (Å²) in [5.41, 5.74) is 2.95. The van der Waals surface area contributed by atoms with Gasteiger partial charge >= 0.3 is 0 Å². The van der Waals surface area contributed by atoms with Crippen LogP contribution in [0.25, 0.3) is 0 Å². The first-order valence-corrected chi connectivity index (χ1v) is 13.3. The smallest absolute Gasteiger partial charge is 0.223 e. The Kier molecular flexibility index (Phi) is 8.54. The van der Waals surface area contributed by atoms with Crippen LogP contribution >= 0.6 is 0 Å². The van der Waals surface area contributed by atoms with Gasteiger partial charge in [-0.25, -0.2) is 12.7 Å². The van der Waals surface area contributed by atoms with Crippen molar-refractivity contribution in [1.82, 2.24) is 9.62 Å². The number of rotatable bonds is 9. The molecule has 0 spiro atoms. The van der Waals surface area contributed by atoms with Gasteiger partial charge in [0.2, 0.25) is 15.9 Å². The molecule has 2 aromatic rings. The van der Waals surface area contributed by atoms with Gasteiger partial charge in [-0.1, -0.05) is 55.8 Å². The fourth-order valence-corrected chi connectivity index (χ4v) is 5.82. The number of carbonyl (C=O) groups excluding carboxylic acids is 1. The summed E-state index contributed by atoms with van der Waals surface area (Å²) < 4.78 is 32.5. The molecule has 0 unspecified atom stereocenters. The van der Waals surface area contributed by atoms with Crippen LogP contribution in [-0.4, -0.2) is 38.8 Å². The molecule has 1 N–H and O–H groups in total. The van der Waals surface area contributed by atoms with Crippen LogP contribution < -0.4 is 10.1 Å². The van der Waals surface area contributed by atoms with Crippen LogP contribution in [0.4, 0.5) is 0 Å². The molecule has 1 atom stereocenters. The number of benzene rings is 2. The molecule has 0 radical (unpaired) electrons. The van der Waals surface area contributed by atoms with Crippen molar-refractivity contribution in [2.45, 2.75) is 51.8 Å². The Labute approximate surface area is 198 Å². The number of piperidine rings is 1. The summed E-state index contributed by atoms with van der Waals surface area (Å²) in [7, 11) is -1.76. The van der Waals surface area contributed by atoms with Gasteiger partial charge < -0.3 is 10.1 Å². The highest BCUT2D eigenvalue weighted by Gasteiger charge is 2.32. The van der Waals surface area contributed by atoms with E-state index in [1.165, 1.54) is 4.31 Å². The quantitative estimate of drug-likeness (QED) is 0.585. The monoisotopic (exact) mass is 472 g/mol. The topological polar surface area (TPSA) is 75.7 Å². The molecule has 0 aromatic heterocycles. The summed E-state index contributed by atoms with van der Waals surface area (Å²) in [6, 6.07) is 15.3. The number of nitrogens with zero attached hydrogens (tertiary/aromatic N) is 1. The minimum absolute atomic E-state index is 0.00191. The molecular weight excluding hydrogens is 436 g/mol. The van der Waals surface area contributed by atoms with E-state index in [0.29, 0.717) is 31.8 Å². The van der Waals surface area contributed by atoms with E-state index >= 15 is 0 Å². The minimum Gasteiger partial charge on any atom is -0.497 e. The van der Waals surface area contributed by atoms with Crippen molar-refractivity contribution in [3.8, 4) is 5.75 Å². The lowest BCUT2D eigenvalue weighted by molar-refractivity contribution is -0.127. The van der Waals surface area contributed by atoms with E-state index in [0.717, 1.165) is 28.9 Å². The number of ether oxygens (including phenoxy) is 1. The van der Waals surface area contributed by atoms with Gasteiger partial charge in [0.15, 0.2) is 0 Å². The first-order chi connectivity index (χ1) is 15.7. The third-order valence-corrected chi connectivity index (χ3v) is 8.08. The molecule has 1 amide bonds. The zero-order chi connectivity index (χ0) is 24.0. The Hall–Kier alpha value is -2.38. The van der Waals surface area contributed by atoms with E-state index < -0.39 is 10.0 Å². The number of carbonyl (C=O) groups is 1. The maximum Gasteiger partial charge on any atom is 0.223 e. The molecule has 3 rings (SSSR count).